The molecule has 0 aliphatic rings. The number of nitroso groups, excluding NO2 is 1. The van der Waals surface area contributed by atoms with Crippen LogP contribution in [0.1, 0.15) is 16.1 Å². The summed E-state index contributed by atoms with van der Waals surface area (Å²) in [6.45, 7) is 0. The van der Waals surface area contributed by atoms with Crippen molar-refractivity contribution in [3.63, 3.8) is 0 Å². The fourth-order valence-corrected chi connectivity index (χ4v) is 1.58. The third-order valence-corrected chi connectivity index (χ3v) is 2.33. The second kappa shape index (κ2) is 4.56. The summed E-state index contributed by atoms with van der Waals surface area (Å²) in [5.74, 6) is -0.557. The van der Waals surface area contributed by atoms with Gasteiger partial charge in [-0.3, -0.25) is 0 Å². The number of hydrogen-bond acceptors (Lipinski definition) is 5. The van der Waals surface area contributed by atoms with E-state index in [2.05, 4.69) is 19.9 Å². The van der Waals surface area contributed by atoms with Crippen LogP contribution in [0.15, 0.2) is 29.8 Å². The van der Waals surface area contributed by atoms with Crippen molar-refractivity contribution in [3.8, 4) is 0 Å². The minimum Gasteiger partial charge on any atom is -0.464 e. The molecule has 0 spiro atoms. The molecule has 2 aromatic heterocycles. The molecule has 0 aliphatic heterocycles. The maximum absolute atomic E-state index is 11.5. The molecular formula is C11H9N3O3. The van der Waals surface area contributed by atoms with Gasteiger partial charge in [-0.1, -0.05) is 0 Å². The lowest BCUT2D eigenvalue weighted by atomic mass is 10.1. The maximum Gasteiger partial charge on any atom is 0.357 e. The molecule has 0 unspecified atom stereocenters. The first-order chi connectivity index (χ1) is 8.27. The molecule has 17 heavy (non-hydrogen) atoms. The summed E-state index contributed by atoms with van der Waals surface area (Å²) >= 11 is 0. The van der Waals surface area contributed by atoms with E-state index in [1.54, 1.807) is 12.3 Å². The molecular weight excluding hydrogens is 222 g/mol. The second-order valence-electron chi connectivity index (χ2n) is 3.24. The van der Waals surface area contributed by atoms with Crippen LogP contribution in [0, 0.1) is 4.91 Å². The Morgan fingerprint density at radius 3 is 3.12 bits per heavy atom. The van der Waals surface area contributed by atoms with Crippen molar-refractivity contribution in [3.05, 3.63) is 40.8 Å². The van der Waals surface area contributed by atoms with Gasteiger partial charge in [0.15, 0.2) is 5.69 Å². The zero-order valence-electron chi connectivity index (χ0n) is 9.01. The molecule has 6 nitrogen and oxygen atoms in total. The summed E-state index contributed by atoms with van der Waals surface area (Å²) < 4.78 is 4.63. The molecule has 1 N–H and O–H groups in total. The molecule has 2 rings (SSSR count). The lowest BCUT2D eigenvalue weighted by Gasteiger charge is -2.03. The van der Waals surface area contributed by atoms with Crippen LogP contribution in [0.25, 0.3) is 17.0 Å². The second-order valence-corrected chi connectivity index (χ2v) is 3.24. The van der Waals surface area contributed by atoms with Crippen LogP contribution in [0.4, 0.5) is 0 Å². The van der Waals surface area contributed by atoms with Crippen LogP contribution in [0.2, 0.25) is 0 Å². The van der Waals surface area contributed by atoms with Gasteiger partial charge in [0.05, 0.1) is 25.0 Å². The minimum atomic E-state index is -0.557. The number of aromatic amines is 1. The van der Waals surface area contributed by atoms with Gasteiger partial charge in [-0.2, -0.15) is 0 Å². The Bertz CT molecular complexity index is 601. The number of fused-ring (bicyclic) bond motifs is 1. The number of carbonyl (C=O) groups excluding carboxylic acids is 1. The Kier molecular flexibility index (Phi) is 2.95. The Balaban J connectivity index is 2.69. The number of esters is 1. The van der Waals surface area contributed by atoms with E-state index in [9.17, 15) is 9.70 Å². The smallest absolute Gasteiger partial charge is 0.357 e. The normalized spacial score (nSPS) is 10.9. The molecule has 6 heteroatoms. The molecule has 0 fully saturated rings. The fraction of sp³-hybridized carbons (Fsp3) is 0.0909. The van der Waals surface area contributed by atoms with Gasteiger partial charge in [-0.15, -0.1) is 4.91 Å². The number of rotatable bonds is 3. The van der Waals surface area contributed by atoms with Gasteiger partial charge in [-0.05, 0) is 17.3 Å². The van der Waals surface area contributed by atoms with E-state index in [4.69, 9.17) is 0 Å². The molecule has 2 heterocycles. The Morgan fingerprint density at radius 2 is 2.41 bits per heavy atom. The van der Waals surface area contributed by atoms with Crippen molar-refractivity contribution in [2.45, 2.75) is 0 Å². The first-order valence-electron chi connectivity index (χ1n) is 4.81. The summed E-state index contributed by atoms with van der Waals surface area (Å²) in [6, 6.07) is 1.79. The number of pyridine rings is 1. The van der Waals surface area contributed by atoms with Crippen LogP contribution in [-0.2, 0) is 4.74 Å². The van der Waals surface area contributed by atoms with Gasteiger partial charge < -0.3 is 9.72 Å². The number of H-pyrrole nitrogens is 1. The van der Waals surface area contributed by atoms with Crippen LogP contribution in [0.3, 0.4) is 0 Å². The Hall–Kier alpha value is -2.50. The highest BCUT2D eigenvalue weighted by molar-refractivity contribution is 5.99. The topological polar surface area (TPSA) is 84.4 Å². The first-order valence-corrected chi connectivity index (χ1v) is 4.81. The van der Waals surface area contributed by atoms with E-state index in [1.807, 2.05) is 0 Å². The number of methoxy groups -OCH3 is 1. The van der Waals surface area contributed by atoms with Crippen LogP contribution in [0.5, 0.6) is 0 Å². The molecule has 0 aliphatic carbocycles. The fourth-order valence-electron chi connectivity index (χ4n) is 1.58. The molecule has 0 bridgehead atoms. The number of carbonyl (C=O) groups is 1. The van der Waals surface area contributed by atoms with E-state index < -0.39 is 5.97 Å². The van der Waals surface area contributed by atoms with E-state index in [1.165, 1.54) is 19.4 Å². The summed E-state index contributed by atoms with van der Waals surface area (Å²) in [6.07, 6.45) is 5.75. The molecule has 0 aromatic carbocycles. The molecule has 0 amide bonds. The highest BCUT2D eigenvalue weighted by atomic mass is 16.5. The van der Waals surface area contributed by atoms with Crippen molar-refractivity contribution in [2.75, 3.05) is 7.11 Å². The van der Waals surface area contributed by atoms with Gasteiger partial charge in [0, 0.05) is 17.1 Å². The largest absolute Gasteiger partial charge is 0.464 e. The third-order valence-electron chi connectivity index (χ3n) is 2.33. The van der Waals surface area contributed by atoms with E-state index in [0.717, 1.165) is 17.1 Å². The molecule has 2 aromatic rings. The van der Waals surface area contributed by atoms with Crippen molar-refractivity contribution >= 4 is 22.9 Å². The summed E-state index contributed by atoms with van der Waals surface area (Å²) in [4.78, 5) is 28.6. The molecule has 0 saturated heterocycles. The van der Waals surface area contributed by atoms with Gasteiger partial charge in [-0.25, -0.2) is 9.78 Å². The van der Waals surface area contributed by atoms with E-state index in [0.29, 0.717) is 5.56 Å². The SMILES string of the molecule is COC(=O)c1ncc2[nH]ccc2c1/C=C/N=O. The average Bonchev–Trinajstić information content (AvgIpc) is 2.83. The number of aromatic nitrogens is 2. The monoisotopic (exact) mass is 231 g/mol. The predicted molar refractivity (Wildman–Crippen MR) is 62.3 cm³/mol. The predicted octanol–water partition coefficient (Wildman–Crippen LogP) is 2.09. The lowest BCUT2D eigenvalue weighted by molar-refractivity contribution is 0.0594. The van der Waals surface area contributed by atoms with Crippen LogP contribution < -0.4 is 0 Å². The van der Waals surface area contributed by atoms with Crippen LogP contribution >= 0.6 is 0 Å². The molecule has 86 valence electrons. The van der Waals surface area contributed by atoms with Gasteiger partial charge >= 0.3 is 5.97 Å². The van der Waals surface area contributed by atoms with Gasteiger partial charge in [0.1, 0.15) is 0 Å². The quantitative estimate of drug-likeness (QED) is 0.647. The third kappa shape index (κ3) is 1.92. The summed E-state index contributed by atoms with van der Waals surface area (Å²) in [7, 11) is 1.27. The Morgan fingerprint density at radius 1 is 1.59 bits per heavy atom. The van der Waals surface area contributed by atoms with Crippen molar-refractivity contribution < 1.29 is 9.53 Å². The van der Waals surface area contributed by atoms with Crippen LogP contribution in [-0.4, -0.2) is 23.0 Å². The number of hydrogen-bond donors (Lipinski definition) is 1. The first kappa shape index (κ1) is 11.0. The lowest BCUT2D eigenvalue weighted by Crippen LogP contribution is -2.06. The zero-order valence-corrected chi connectivity index (χ0v) is 9.01. The van der Waals surface area contributed by atoms with Crippen molar-refractivity contribution in [2.24, 2.45) is 5.18 Å². The highest BCUT2D eigenvalue weighted by Crippen LogP contribution is 2.21. The molecule has 0 radical (unpaired) electrons. The Labute approximate surface area is 96.3 Å². The average molecular weight is 231 g/mol. The van der Waals surface area contributed by atoms with Crippen molar-refractivity contribution in [1.82, 2.24) is 9.97 Å². The van der Waals surface area contributed by atoms with Crippen molar-refractivity contribution in [1.29, 1.82) is 0 Å². The highest BCUT2D eigenvalue weighted by Gasteiger charge is 2.15. The maximum atomic E-state index is 11.5. The number of nitrogens with zero attached hydrogens (tertiary/aromatic N) is 2. The molecule has 0 atom stereocenters. The van der Waals surface area contributed by atoms with Gasteiger partial charge in [0.25, 0.3) is 0 Å². The number of ether oxygens (including phenoxy) is 1. The summed E-state index contributed by atoms with van der Waals surface area (Å²) in [5.41, 5.74) is 1.43. The molecule has 0 saturated carbocycles. The zero-order chi connectivity index (χ0) is 12.3. The minimum absolute atomic E-state index is 0.152. The number of nitrogens with one attached hydrogen (secondary N) is 1. The standard InChI is InChI=1S/C11H9N3O3/c1-17-11(15)10-8(3-5-14-16)7-2-4-12-9(7)6-13-10/h2-6,12H,1H3/b5-3+. The van der Waals surface area contributed by atoms with Gasteiger partial charge in [0.2, 0.25) is 0 Å². The summed E-state index contributed by atoms with van der Waals surface area (Å²) in [5, 5.41) is 3.41. The van der Waals surface area contributed by atoms with E-state index >= 15 is 0 Å². The van der Waals surface area contributed by atoms with E-state index in [-0.39, 0.29) is 5.69 Å².